The topological polar surface area (TPSA) is 12.5 Å². The smallest absolute Gasteiger partial charge is 0.138 e. The van der Waals surface area contributed by atoms with Crippen LogP contribution in [-0.4, -0.2) is 23.1 Å². The van der Waals surface area contributed by atoms with Crippen molar-refractivity contribution >= 4 is 22.4 Å². The fourth-order valence-corrected chi connectivity index (χ4v) is 6.85. The molecule has 2 saturated heterocycles. The van der Waals surface area contributed by atoms with Gasteiger partial charge < -0.3 is 4.74 Å². The molecule has 3 fully saturated rings. The van der Waals surface area contributed by atoms with Crippen LogP contribution in [0.5, 0.6) is 5.75 Å². The standard InChI is InChI=1S/C28H38ClNO/c1-3-20-7-11-25(12-8-20)31-27-14-10-22-17-21(9-13-26(22)28(27)29)18-30-23-5-4-6-24(30)16-19(2)15-23/h9-10,13-14,17,19-20,23-25H,3-8,11-12,15-16,18H2,1-2H3. The Labute approximate surface area is 193 Å². The summed E-state index contributed by atoms with van der Waals surface area (Å²) in [7, 11) is 0. The van der Waals surface area contributed by atoms with E-state index in [9.17, 15) is 0 Å². The number of halogens is 1. The third-order valence-electron chi connectivity index (χ3n) is 8.37. The predicted octanol–water partition coefficient (Wildman–Crippen LogP) is 7.99. The van der Waals surface area contributed by atoms with Gasteiger partial charge in [-0.05, 0) is 86.3 Å². The molecule has 1 aliphatic carbocycles. The second-order valence-corrected chi connectivity index (χ2v) is 11.0. The van der Waals surface area contributed by atoms with Crippen molar-refractivity contribution in [2.24, 2.45) is 11.8 Å². The average molecular weight is 440 g/mol. The van der Waals surface area contributed by atoms with Gasteiger partial charge >= 0.3 is 0 Å². The second kappa shape index (κ2) is 9.32. The maximum Gasteiger partial charge on any atom is 0.138 e. The van der Waals surface area contributed by atoms with Gasteiger partial charge in [0.1, 0.15) is 5.75 Å². The van der Waals surface area contributed by atoms with Crippen LogP contribution in [0.2, 0.25) is 5.02 Å². The molecule has 2 aromatic rings. The van der Waals surface area contributed by atoms with Crippen LogP contribution in [0.4, 0.5) is 0 Å². The average Bonchev–Trinajstić information content (AvgIpc) is 2.77. The summed E-state index contributed by atoms with van der Waals surface area (Å²) in [5, 5.41) is 3.14. The molecule has 1 saturated carbocycles. The van der Waals surface area contributed by atoms with E-state index in [0.717, 1.165) is 59.5 Å². The van der Waals surface area contributed by atoms with Gasteiger partial charge in [0.05, 0.1) is 11.1 Å². The Bertz CT molecular complexity index is 889. The van der Waals surface area contributed by atoms with Crippen LogP contribution >= 0.6 is 11.6 Å². The molecular formula is C28H38ClNO. The number of hydrogen-bond donors (Lipinski definition) is 0. The lowest BCUT2D eigenvalue weighted by Gasteiger charge is -2.48. The van der Waals surface area contributed by atoms with Crippen molar-refractivity contribution in [2.45, 2.75) is 103 Å². The van der Waals surface area contributed by atoms with Gasteiger partial charge in [-0.15, -0.1) is 0 Å². The third kappa shape index (κ3) is 4.62. The maximum atomic E-state index is 6.82. The van der Waals surface area contributed by atoms with Crippen molar-refractivity contribution in [3.8, 4) is 5.75 Å². The summed E-state index contributed by atoms with van der Waals surface area (Å²) in [6.45, 7) is 5.82. The maximum absolute atomic E-state index is 6.82. The lowest BCUT2D eigenvalue weighted by Crippen LogP contribution is -2.51. The Balaban J connectivity index is 1.30. The summed E-state index contributed by atoms with van der Waals surface area (Å²) in [5.74, 6) is 2.63. The molecule has 2 unspecified atom stereocenters. The first kappa shape index (κ1) is 21.6. The first-order valence-electron chi connectivity index (χ1n) is 12.7. The van der Waals surface area contributed by atoms with E-state index < -0.39 is 0 Å². The van der Waals surface area contributed by atoms with E-state index in [4.69, 9.17) is 16.3 Å². The van der Waals surface area contributed by atoms with Crippen LogP contribution in [-0.2, 0) is 6.54 Å². The molecule has 5 rings (SSSR count). The molecule has 3 heteroatoms. The Morgan fingerprint density at radius 2 is 1.71 bits per heavy atom. The highest BCUT2D eigenvalue weighted by atomic mass is 35.5. The van der Waals surface area contributed by atoms with Crippen molar-refractivity contribution in [1.29, 1.82) is 0 Å². The number of ether oxygens (including phenoxy) is 1. The number of hydrogen-bond acceptors (Lipinski definition) is 2. The summed E-state index contributed by atoms with van der Waals surface area (Å²) in [6, 6.07) is 12.7. The molecule has 2 heterocycles. The fraction of sp³-hybridized carbons (Fsp3) is 0.643. The van der Waals surface area contributed by atoms with E-state index in [1.54, 1.807) is 0 Å². The Morgan fingerprint density at radius 3 is 2.42 bits per heavy atom. The Morgan fingerprint density at radius 1 is 0.968 bits per heavy atom. The molecule has 3 aliphatic rings. The zero-order chi connectivity index (χ0) is 21.4. The first-order valence-corrected chi connectivity index (χ1v) is 13.1. The van der Waals surface area contributed by atoms with Gasteiger partial charge in [0, 0.05) is 24.0 Å². The monoisotopic (exact) mass is 439 g/mol. The van der Waals surface area contributed by atoms with E-state index in [1.807, 2.05) is 0 Å². The van der Waals surface area contributed by atoms with Crippen LogP contribution in [0.3, 0.4) is 0 Å². The number of rotatable bonds is 5. The molecular weight excluding hydrogens is 402 g/mol. The fourth-order valence-electron chi connectivity index (χ4n) is 6.57. The van der Waals surface area contributed by atoms with E-state index in [0.29, 0.717) is 6.10 Å². The van der Waals surface area contributed by atoms with Crippen molar-refractivity contribution in [1.82, 2.24) is 4.90 Å². The van der Waals surface area contributed by atoms with Crippen molar-refractivity contribution in [2.75, 3.05) is 0 Å². The Hall–Kier alpha value is -1.25. The van der Waals surface area contributed by atoms with Gasteiger partial charge in [-0.2, -0.15) is 0 Å². The summed E-state index contributed by atoms with van der Waals surface area (Å²) in [4.78, 5) is 2.80. The molecule has 0 radical (unpaired) electrons. The quantitative estimate of drug-likeness (QED) is 0.467. The number of nitrogens with zero attached hydrogens (tertiary/aromatic N) is 1. The largest absolute Gasteiger partial charge is 0.489 e. The summed E-state index contributed by atoms with van der Waals surface area (Å²) in [5.41, 5.74) is 1.42. The highest BCUT2D eigenvalue weighted by molar-refractivity contribution is 6.37. The molecule has 0 spiro atoms. The molecule has 0 N–H and O–H groups in total. The molecule has 168 valence electrons. The van der Waals surface area contributed by atoms with Gasteiger partial charge in [0.2, 0.25) is 0 Å². The minimum atomic E-state index is 0.318. The molecule has 2 bridgehead atoms. The number of fused-ring (bicyclic) bond motifs is 3. The minimum absolute atomic E-state index is 0.318. The van der Waals surface area contributed by atoms with Crippen LogP contribution in [0.25, 0.3) is 10.8 Å². The van der Waals surface area contributed by atoms with E-state index >= 15 is 0 Å². The molecule has 0 aromatic heterocycles. The highest BCUT2D eigenvalue weighted by Gasteiger charge is 2.36. The van der Waals surface area contributed by atoms with Crippen molar-refractivity contribution < 1.29 is 4.74 Å². The zero-order valence-electron chi connectivity index (χ0n) is 19.3. The highest BCUT2D eigenvalue weighted by Crippen LogP contribution is 2.39. The lowest BCUT2D eigenvalue weighted by molar-refractivity contribution is 0.0111. The summed E-state index contributed by atoms with van der Waals surface area (Å²) < 4.78 is 6.36. The first-order chi connectivity index (χ1) is 15.1. The van der Waals surface area contributed by atoms with E-state index in [2.05, 4.69) is 49.1 Å². The molecule has 2 atom stereocenters. The normalized spacial score (nSPS) is 31.6. The van der Waals surface area contributed by atoms with Crippen LogP contribution in [0.15, 0.2) is 30.3 Å². The van der Waals surface area contributed by atoms with Gasteiger partial charge in [0.15, 0.2) is 0 Å². The predicted molar refractivity (Wildman–Crippen MR) is 131 cm³/mol. The van der Waals surface area contributed by atoms with E-state index in [1.165, 1.54) is 62.3 Å². The van der Waals surface area contributed by atoms with Gasteiger partial charge in [-0.3, -0.25) is 4.90 Å². The van der Waals surface area contributed by atoms with Gasteiger partial charge in [0.25, 0.3) is 0 Å². The van der Waals surface area contributed by atoms with E-state index in [-0.39, 0.29) is 0 Å². The summed E-state index contributed by atoms with van der Waals surface area (Å²) in [6.07, 6.45) is 13.4. The molecule has 2 aliphatic heterocycles. The van der Waals surface area contributed by atoms with Crippen LogP contribution < -0.4 is 4.74 Å². The van der Waals surface area contributed by atoms with Gasteiger partial charge in [-0.1, -0.05) is 56.5 Å². The Kier molecular flexibility index (Phi) is 6.49. The zero-order valence-corrected chi connectivity index (χ0v) is 20.0. The second-order valence-electron chi connectivity index (χ2n) is 10.6. The van der Waals surface area contributed by atoms with Crippen LogP contribution in [0.1, 0.15) is 83.6 Å². The minimum Gasteiger partial charge on any atom is -0.489 e. The third-order valence-corrected chi connectivity index (χ3v) is 8.76. The van der Waals surface area contributed by atoms with Gasteiger partial charge in [-0.25, -0.2) is 0 Å². The molecule has 2 aromatic carbocycles. The summed E-state index contributed by atoms with van der Waals surface area (Å²) >= 11 is 6.82. The van der Waals surface area contributed by atoms with Crippen LogP contribution in [0, 0.1) is 11.8 Å². The number of piperidine rings is 2. The molecule has 0 amide bonds. The van der Waals surface area contributed by atoms with Crippen molar-refractivity contribution in [3.05, 3.63) is 40.9 Å². The lowest BCUT2D eigenvalue weighted by atomic mass is 9.79. The number of benzene rings is 2. The van der Waals surface area contributed by atoms with Crippen molar-refractivity contribution in [3.63, 3.8) is 0 Å². The molecule has 31 heavy (non-hydrogen) atoms. The molecule has 2 nitrogen and oxygen atoms in total. The SMILES string of the molecule is CCC1CCC(Oc2ccc3cc(CN4C5CCCC4CC(C)C5)ccc3c2Cl)CC1.